The molecule has 3 aliphatic rings. The highest BCUT2D eigenvalue weighted by molar-refractivity contribution is 6.07. The molecule has 0 spiro atoms. The number of benzene rings is 2. The van der Waals surface area contributed by atoms with Crippen LogP contribution in [0, 0.1) is 0 Å². The van der Waals surface area contributed by atoms with E-state index in [1.165, 1.54) is 0 Å². The van der Waals surface area contributed by atoms with Crippen molar-refractivity contribution in [2.24, 2.45) is 0 Å². The monoisotopic (exact) mass is 476 g/mol. The molecular weight excluding hydrogens is 448 g/mol. The Morgan fingerprint density at radius 1 is 1.03 bits per heavy atom. The van der Waals surface area contributed by atoms with Crippen molar-refractivity contribution in [2.75, 3.05) is 6.54 Å². The van der Waals surface area contributed by atoms with E-state index in [1.807, 2.05) is 35.2 Å². The van der Waals surface area contributed by atoms with Crippen LogP contribution in [0.3, 0.4) is 0 Å². The van der Waals surface area contributed by atoms with Gasteiger partial charge in [-0.05, 0) is 49.1 Å². The first-order valence-electron chi connectivity index (χ1n) is 12.1. The van der Waals surface area contributed by atoms with Gasteiger partial charge in [0, 0.05) is 24.1 Å². The summed E-state index contributed by atoms with van der Waals surface area (Å²) in [6, 6.07) is 12.3. The minimum Gasteiger partial charge on any atom is -0.489 e. The van der Waals surface area contributed by atoms with Crippen molar-refractivity contribution < 1.29 is 29.0 Å². The highest BCUT2D eigenvalue weighted by Gasteiger charge is 2.40. The van der Waals surface area contributed by atoms with Gasteiger partial charge in [-0.1, -0.05) is 30.3 Å². The van der Waals surface area contributed by atoms with Crippen LogP contribution in [-0.4, -0.2) is 57.0 Å². The minimum absolute atomic E-state index is 0.0624. The fourth-order valence-corrected chi connectivity index (χ4v) is 5.33. The second kappa shape index (κ2) is 9.62. The summed E-state index contributed by atoms with van der Waals surface area (Å²) in [5.74, 6) is -0.588. The molecule has 1 aliphatic carbocycles. The Balaban J connectivity index is 1.23. The number of carbonyl (C=O) groups is 4. The third kappa shape index (κ3) is 4.71. The Morgan fingerprint density at radius 2 is 1.80 bits per heavy atom. The number of amides is 1. The highest BCUT2D eigenvalue weighted by Crippen LogP contribution is 2.34. The predicted octanol–water partition coefficient (Wildman–Crippen LogP) is 2.96. The van der Waals surface area contributed by atoms with Crippen LogP contribution in [0.25, 0.3) is 0 Å². The van der Waals surface area contributed by atoms with Crippen LogP contribution in [0.1, 0.15) is 59.2 Å². The second-order valence-corrected chi connectivity index (χ2v) is 9.52. The number of hydrogen-bond acceptors (Lipinski definition) is 6. The summed E-state index contributed by atoms with van der Waals surface area (Å²) >= 11 is 0. The lowest BCUT2D eigenvalue weighted by Gasteiger charge is -2.29. The van der Waals surface area contributed by atoms with Gasteiger partial charge in [-0.3, -0.25) is 24.1 Å². The van der Waals surface area contributed by atoms with Gasteiger partial charge >= 0.3 is 5.97 Å². The van der Waals surface area contributed by atoms with Crippen LogP contribution in [0.2, 0.25) is 0 Å². The van der Waals surface area contributed by atoms with E-state index in [0.29, 0.717) is 50.3 Å². The third-order valence-electron chi connectivity index (χ3n) is 7.22. The van der Waals surface area contributed by atoms with Gasteiger partial charge in [0.25, 0.3) is 5.91 Å². The molecule has 1 saturated heterocycles. The maximum absolute atomic E-state index is 13.0. The fraction of sp³-hybridized carbons (Fsp3) is 0.407. The zero-order valence-corrected chi connectivity index (χ0v) is 19.4. The van der Waals surface area contributed by atoms with E-state index in [9.17, 15) is 24.3 Å². The molecule has 5 rings (SSSR count). The molecule has 2 aliphatic heterocycles. The van der Waals surface area contributed by atoms with Crippen LogP contribution in [0.4, 0.5) is 0 Å². The molecule has 8 nitrogen and oxygen atoms in total. The van der Waals surface area contributed by atoms with Crippen molar-refractivity contribution in [3.63, 3.8) is 0 Å². The molecule has 2 aromatic carbocycles. The van der Waals surface area contributed by atoms with Crippen LogP contribution >= 0.6 is 0 Å². The van der Waals surface area contributed by atoms with Crippen molar-refractivity contribution in [2.45, 2.75) is 63.9 Å². The molecular formula is C27H28N2O6. The molecule has 2 heterocycles. The average Bonchev–Trinajstić information content (AvgIpc) is 3.44. The van der Waals surface area contributed by atoms with E-state index in [2.05, 4.69) is 0 Å². The molecule has 8 heteroatoms. The number of likely N-dealkylation sites (tertiary alicyclic amines) is 1. The number of aliphatic carboxylic acids is 1. The van der Waals surface area contributed by atoms with Gasteiger partial charge in [-0.25, -0.2) is 0 Å². The van der Waals surface area contributed by atoms with Crippen LogP contribution in [0.15, 0.2) is 42.5 Å². The first kappa shape index (κ1) is 23.2. The summed E-state index contributed by atoms with van der Waals surface area (Å²) in [5, 5.41) is 9.37. The number of nitrogens with zero attached hydrogens (tertiary/aromatic N) is 2. The number of ether oxygens (including phenoxy) is 1. The van der Waals surface area contributed by atoms with E-state index in [0.717, 1.165) is 29.7 Å². The maximum Gasteiger partial charge on any atom is 0.320 e. The number of Topliss-reactive ketones (excluding diaryl/α,β-unsaturated/α-hetero) is 2. The third-order valence-corrected chi connectivity index (χ3v) is 7.22. The molecule has 35 heavy (non-hydrogen) atoms. The highest BCUT2D eigenvalue weighted by atomic mass is 16.5. The topological polar surface area (TPSA) is 104 Å². The molecule has 0 bridgehead atoms. The van der Waals surface area contributed by atoms with Crippen LogP contribution in [-0.2, 0) is 34.1 Å². The number of hydrogen-bond donors (Lipinski definition) is 1. The SMILES string of the molecule is O=C1CCC(N2Cc3c(OCc4ccc(CN5CCC[C@@H]5C(=O)O)cc4)cccc3C2=O)C(=O)C1. The van der Waals surface area contributed by atoms with Gasteiger partial charge in [0.2, 0.25) is 0 Å². The normalized spacial score (nSPS) is 22.5. The minimum atomic E-state index is -0.763. The van der Waals surface area contributed by atoms with Gasteiger partial charge in [-0.2, -0.15) is 0 Å². The van der Waals surface area contributed by atoms with Crippen molar-refractivity contribution in [1.82, 2.24) is 9.80 Å². The summed E-state index contributed by atoms with van der Waals surface area (Å²) < 4.78 is 6.08. The number of carboxylic acid groups (broad SMARTS) is 1. The molecule has 0 radical (unpaired) electrons. The summed E-state index contributed by atoms with van der Waals surface area (Å²) in [5.41, 5.74) is 3.33. The molecule has 1 amide bonds. The summed E-state index contributed by atoms with van der Waals surface area (Å²) in [6.07, 6.45) is 2.20. The van der Waals surface area contributed by atoms with Crippen molar-refractivity contribution in [3.05, 3.63) is 64.7 Å². The van der Waals surface area contributed by atoms with Crippen LogP contribution < -0.4 is 4.74 Å². The van der Waals surface area contributed by atoms with Gasteiger partial charge in [0.05, 0.1) is 19.0 Å². The maximum atomic E-state index is 13.0. The summed E-state index contributed by atoms with van der Waals surface area (Å²) in [7, 11) is 0. The van der Waals surface area contributed by atoms with Gasteiger partial charge in [0.1, 0.15) is 24.2 Å². The summed E-state index contributed by atoms with van der Waals surface area (Å²) in [6.45, 7) is 2.02. The largest absolute Gasteiger partial charge is 0.489 e. The van der Waals surface area contributed by atoms with E-state index >= 15 is 0 Å². The molecule has 2 atom stereocenters. The van der Waals surface area contributed by atoms with Crippen molar-refractivity contribution >= 4 is 23.4 Å². The lowest BCUT2D eigenvalue weighted by Crippen LogP contribution is -2.44. The standard InChI is InChI=1S/C27H28N2O6/c30-19-10-11-22(24(31)13-19)29-15-21-20(26(29)32)3-1-5-25(21)35-16-18-8-6-17(7-9-18)14-28-12-2-4-23(28)27(33)34/h1,3,5-9,22-23H,2,4,10-16H2,(H,33,34)/t22?,23-/m1/s1. The van der Waals surface area contributed by atoms with Gasteiger partial charge in [-0.15, -0.1) is 0 Å². The Kier molecular flexibility index (Phi) is 6.38. The van der Waals surface area contributed by atoms with E-state index in [1.54, 1.807) is 17.0 Å². The molecule has 2 aromatic rings. The lowest BCUT2D eigenvalue weighted by molar-refractivity contribution is -0.142. The Morgan fingerprint density at radius 3 is 2.54 bits per heavy atom. The zero-order valence-electron chi connectivity index (χ0n) is 19.4. The number of ketones is 2. The molecule has 1 unspecified atom stereocenters. The molecule has 0 aromatic heterocycles. The van der Waals surface area contributed by atoms with Gasteiger partial charge < -0.3 is 14.7 Å². The van der Waals surface area contributed by atoms with Crippen LogP contribution in [0.5, 0.6) is 5.75 Å². The molecule has 2 fully saturated rings. The molecule has 1 saturated carbocycles. The Labute approximate surface area is 203 Å². The molecule has 1 N–H and O–H groups in total. The van der Waals surface area contributed by atoms with E-state index in [4.69, 9.17) is 4.74 Å². The van der Waals surface area contributed by atoms with E-state index < -0.39 is 18.1 Å². The quantitative estimate of drug-likeness (QED) is 0.613. The van der Waals surface area contributed by atoms with Crippen molar-refractivity contribution in [3.8, 4) is 5.75 Å². The Bertz CT molecular complexity index is 1170. The summed E-state index contributed by atoms with van der Waals surface area (Å²) in [4.78, 5) is 51.9. The predicted molar refractivity (Wildman–Crippen MR) is 126 cm³/mol. The smallest absolute Gasteiger partial charge is 0.320 e. The lowest BCUT2D eigenvalue weighted by atomic mass is 9.92. The molecule has 182 valence electrons. The number of fused-ring (bicyclic) bond motifs is 1. The average molecular weight is 477 g/mol. The number of carbonyl (C=O) groups excluding carboxylic acids is 3. The van der Waals surface area contributed by atoms with Crippen molar-refractivity contribution in [1.29, 1.82) is 0 Å². The Hall–Kier alpha value is -3.52. The zero-order chi connectivity index (χ0) is 24.5. The van der Waals surface area contributed by atoms with E-state index in [-0.39, 0.29) is 23.9 Å². The first-order chi connectivity index (χ1) is 16.9. The number of carboxylic acids is 1. The number of rotatable bonds is 7. The second-order valence-electron chi connectivity index (χ2n) is 9.52. The first-order valence-corrected chi connectivity index (χ1v) is 12.1. The van der Waals surface area contributed by atoms with Gasteiger partial charge in [0.15, 0.2) is 5.78 Å². The fourth-order valence-electron chi connectivity index (χ4n) is 5.33.